The molecule has 2 aromatic rings. The number of H-pyrrole nitrogens is 1. The largest absolute Gasteiger partial charge is 0.320 e. The second kappa shape index (κ2) is 4.10. The first kappa shape index (κ1) is 9.67. The Balaban J connectivity index is 2.15. The van der Waals surface area contributed by atoms with E-state index in [2.05, 4.69) is 20.7 Å². The lowest BCUT2D eigenvalue weighted by atomic mass is 10.3. The number of rotatable bonds is 2. The van der Waals surface area contributed by atoms with Crippen LogP contribution in [0.2, 0.25) is 5.15 Å². The molecule has 2 N–H and O–H groups in total. The van der Waals surface area contributed by atoms with Crippen LogP contribution < -0.4 is 5.32 Å². The minimum Gasteiger partial charge on any atom is -0.320 e. The Morgan fingerprint density at radius 2 is 2.00 bits per heavy atom. The van der Waals surface area contributed by atoms with Crippen LogP contribution in [0.15, 0.2) is 30.3 Å². The number of amides is 1. The van der Waals surface area contributed by atoms with Crippen LogP contribution >= 0.6 is 11.6 Å². The van der Waals surface area contributed by atoms with Gasteiger partial charge in [0.25, 0.3) is 5.91 Å². The Bertz CT molecular complexity index is 468. The molecule has 76 valence electrons. The minimum absolute atomic E-state index is 0.0587. The van der Waals surface area contributed by atoms with Crippen LogP contribution in [0, 0.1) is 0 Å². The van der Waals surface area contributed by atoms with Crippen molar-refractivity contribution in [1.29, 1.82) is 0 Å². The van der Waals surface area contributed by atoms with Crippen molar-refractivity contribution in [2.24, 2.45) is 0 Å². The van der Waals surface area contributed by atoms with Crippen molar-refractivity contribution in [2.75, 3.05) is 5.32 Å². The fourth-order valence-corrected chi connectivity index (χ4v) is 1.24. The Kier molecular flexibility index (Phi) is 2.64. The maximum absolute atomic E-state index is 11.6. The molecule has 0 bridgehead atoms. The van der Waals surface area contributed by atoms with E-state index >= 15 is 0 Å². The van der Waals surface area contributed by atoms with Gasteiger partial charge in [-0.05, 0) is 12.1 Å². The van der Waals surface area contributed by atoms with Crippen molar-refractivity contribution in [1.82, 2.24) is 15.4 Å². The SMILES string of the molecule is O=C(Nc1ccccc1)c1n[nH]nc1Cl. The summed E-state index contributed by atoms with van der Waals surface area (Å²) in [6.45, 7) is 0. The lowest BCUT2D eigenvalue weighted by Crippen LogP contribution is -2.12. The lowest BCUT2D eigenvalue weighted by molar-refractivity contribution is 0.102. The number of aromatic amines is 1. The van der Waals surface area contributed by atoms with Gasteiger partial charge in [0.15, 0.2) is 10.8 Å². The Morgan fingerprint density at radius 1 is 1.27 bits per heavy atom. The number of anilines is 1. The van der Waals surface area contributed by atoms with E-state index in [-0.39, 0.29) is 16.8 Å². The smallest absolute Gasteiger partial charge is 0.279 e. The quantitative estimate of drug-likeness (QED) is 0.813. The van der Waals surface area contributed by atoms with E-state index in [1.54, 1.807) is 12.1 Å². The Hall–Kier alpha value is -1.88. The van der Waals surface area contributed by atoms with Gasteiger partial charge in [-0.15, -0.1) is 10.2 Å². The summed E-state index contributed by atoms with van der Waals surface area (Å²) in [7, 11) is 0. The van der Waals surface area contributed by atoms with Crippen LogP contribution in [0.25, 0.3) is 0 Å². The molecule has 0 saturated carbocycles. The van der Waals surface area contributed by atoms with E-state index in [0.717, 1.165) is 0 Å². The first-order chi connectivity index (χ1) is 7.27. The molecule has 0 saturated heterocycles. The lowest BCUT2D eigenvalue weighted by Gasteiger charge is -2.01. The molecule has 0 fully saturated rings. The number of carbonyl (C=O) groups excluding carboxylic acids is 1. The second-order valence-electron chi connectivity index (χ2n) is 2.78. The summed E-state index contributed by atoms with van der Waals surface area (Å²) in [6, 6.07) is 9.04. The molecule has 15 heavy (non-hydrogen) atoms. The summed E-state index contributed by atoms with van der Waals surface area (Å²) >= 11 is 5.64. The summed E-state index contributed by atoms with van der Waals surface area (Å²) in [5, 5.41) is 12.1. The monoisotopic (exact) mass is 222 g/mol. The number of para-hydroxylation sites is 1. The molecular weight excluding hydrogens is 216 g/mol. The van der Waals surface area contributed by atoms with Crippen LogP contribution in [0.3, 0.4) is 0 Å². The van der Waals surface area contributed by atoms with Gasteiger partial charge in [0, 0.05) is 5.69 Å². The third-order valence-corrected chi connectivity index (χ3v) is 2.02. The van der Waals surface area contributed by atoms with Gasteiger partial charge >= 0.3 is 0 Å². The summed E-state index contributed by atoms with van der Waals surface area (Å²) in [4.78, 5) is 11.6. The third kappa shape index (κ3) is 2.13. The molecule has 1 amide bonds. The average Bonchev–Trinajstić information content (AvgIpc) is 2.66. The van der Waals surface area contributed by atoms with Crippen LogP contribution in [-0.4, -0.2) is 21.3 Å². The molecule has 2 rings (SSSR count). The van der Waals surface area contributed by atoms with Gasteiger partial charge in [0.2, 0.25) is 0 Å². The van der Waals surface area contributed by atoms with E-state index in [1.165, 1.54) is 0 Å². The van der Waals surface area contributed by atoms with Gasteiger partial charge < -0.3 is 5.32 Å². The number of nitrogens with one attached hydrogen (secondary N) is 2. The van der Waals surface area contributed by atoms with Gasteiger partial charge in [0.1, 0.15) is 0 Å². The molecule has 1 heterocycles. The fourth-order valence-electron chi connectivity index (χ4n) is 1.07. The van der Waals surface area contributed by atoms with E-state index < -0.39 is 0 Å². The normalized spacial score (nSPS) is 9.93. The highest BCUT2D eigenvalue weighted by atomic mass is 35.5. The molecule has 1 aromatic carbocycles. The number of benzene rings is 1. The summed E-state index contributed by atoms with van der Waals surface area (Å²) in [5.74, 6) is -0.389. The van der Waals surface area contributed by atoms with Gasteiger partial charge in [0.05, 0.1) is 0 Å². The van der Waals surface area contributed by atoms with Crippen molar-refractivity contribution < 1.29 is 4.79 Å². The molecule has 0 atom stereocenters. The van der Waals surface area contributed by atoms with Crippen molar-refractivity contribution in [2.45, 2.75) is 0 Å². The zero-order valence-electron chi connectivity index (χ0n) is 7.57. The highest BCUT2D eigenvalue weighted by Gasteiger charge is 2.14. The van der Waals surface area contributed by atoms with E-state index in [4.69, 9.17) is 11.6 Å². The van der Waals surface area contributed by atoms with Crippen LogP contribution in [-0.2, 0) is 0 Å². The first-order valence-electron chi connectivity index (χ1n) is 4.20. The molecule has 6 heteroatoms. The molecule has 0 radical (unpaired) electrons. The predicted molar refractivity (Wildman–Crippen MR) is 55.8 cm³/mol. The zero-order valence-corrected chi connectivity index (χ0v) is 8.32. The predicted octanol–water partition coefficient (Wildman–Crippen LogP) is 1.71. The Morgan fingerprint density at radius 3 is 2.60 bits per heavy atom. The highest BCUT2D eigenvalue weighted by molar-refractivity contribution is 6.32. The maximum Gasteiger partial charge on any atom is 0.279 e. The van der Waals surface area contributed by atoms with Gasteiger partial charge in [-0.25, -0.2) is 0 Å². The molecule has 0 unspecified atom stereocenters. The molecule has 5 nitrogen and oxygen atoms in total. The minimum atomic E-state index is -0.389. The number of hydrogen-bond acceptors (Lipinski definition) is 3. The van der Waals surface area contributed by atoms with Crippen molar-refractivity contribution in [3.63, 3.8) is 0 Å². The second-order valence-corrected chi connectivity index (χ2v) is 3.14. The number of nitrogens with zero attached hydrogens (tertiary/aromatic N) is 2. The van der Waals surface area contributed by atoms with Crippen LogP contribution in [0.4, 0.5) is 5.69 Å². The van der Waals surface area contributed by atoms with Crippen LogP contribution in [0.5, 0.6) is 0 Å². The van der Waals surface area contributed by atoms with Crippen molar-refractivity contribution in [3.8, 4) is 0 Å². The zero-order chi connectivity index (χ0) is 10.7. The van der Waals surface area contributed by atoms with Gasteiger partial charge in [-0.2, -0.15) is 5.21 Å². The Labute approximate surface area is 90.5 Å². The number of hydrogen-bond donors (Lipinski definition) is 2. The number of carbonyl (C=O) groups is 1. The molecule has 0 aliphatic carbocycles. The molecule has 0 aliphatic heterocycles. The maximum atomic E-state index is 11.6. The van der Waals surface area contributed by atoms with Crippen LogP contribution in [0.1, 0.15) is 10.5 Å². The summed E-state index contributed by atoms with van der Waals surface area (Å²) in [6.07, 6.45) is 0. The van der Waals surface area contributed by atoms with Crippen molar-refractivity contribution >= 4 is 23.2 Å². The summed E-state index contributed by atoms with van der Waals surface area (Å²) < 4.78 is 0. The van der Waals surface area contributed by atoms with Crippen molar-refractivity contribution in [3.05, 3.63) is 41.2 Å². The number of halogens is 1. The first-order valence-corrected chi connectivity index (χ1v) is 4.58. The van der Waals surface area contributed by atoms with E-state index in [0.29, 0.717) is 5.69 Å². The highest BCUT2D eigenvalue weighted by Crippen LogP contribution is 2.11. The summed E-state index contributed by atoms with van der Waals surface area (Å²) in [5.41, 5.74) is 0.766. The third-order valence-electron chi connectivity index (χ3n) is 1.75. The molecule has 0 spiro atoms. The fraction of sp³-hybridized carbons (Fsp3) is 0. The molecule has 0 aliphatic rings. The molecular formula is C9H7ClN4O. The van der Waals surface area contributed by atoms with Gasteiger partial charge in [-0.3, -0.25) is 4.79 Å². The molecule has 1 aromatic heterocycles. The van der Waals surface area contributed by atoms with E-state index in [1.807, 2.05) is 18.2 Å². The average molecular weight is 223 g/mol. The van der Waals surface area contributed by atoms with Gasteiger partial charge in [-0.1, -0.05) is 29.8 Å². The standard InChI is InChI=1S/C9H7ClN4O/c10-8-7(12-14-13-8)9(15)11-6-4-2-1-3-5-6/h1-5H,(H,11,15)(H,12,13,14). The number of aromatic nitrogens is 3. The van der Waals surface area contributed by atoms with E-state index in [9.17, 15) is 4.79 Å². The topological polar surface area (TPSA) is 70.7 Å².